The largest absolute Gasteiger partial charge is 0.126 e. The van der Waals surface area contributed by atoms with Gasteiger partial charge in [-0.1, -0.05) is 47.5 Å². The third kappa shape index (κ3) is 3.87. The molecule has 0 spiro atoms. The number of halogens is 4. The minimum absolute atomic E-state index is 0.382. The molecule has 0 unspecified atom stereocenters. The maximum absolute atomic E-state index is 6.36. The van der Waals surface area contributed by atoms with Crippen molar-refractivity contribution < 1.29 is 0 Å². The summed E-state index contributed by atoms with van der Waals surface area (Å²) in [4.78, 5) is 0. The molecule has 0 heterocycles. The maximum Gasteiger partial charge on any atom is 0.0440 e. The van der Waals surface area contributed by atoms with Crippen molar-refractivity contribution in [1.29, 1.82) is 0 Å². The van der Waals surface area contributed by atoms with E-state index >= 15 is 0 Å². The van der Waals surface area contributed by atoms with Crippen LogP contribution in [0.2, 0.25) is 10.0 Å². The lowest BCUT2D eigenvalue weighted by Crippen LogP contribution is -2.33. The van der Waals surface area contributed by atoms with Gasteiger partial charge in [0.15, 0.2) is 0 Å². The lowest BCUT2D eigenvalue weighted by atomic mass is 9.78. The van der Waals surface area contributed by atoms with Gasteiger partial charge in [-0.3, -0.25) is 0 Å². The van der Waals surface area contributed by atoms with E-state index in [9.17, 15) is 0 Å². The Hall–Kier alpha value is -0.400. The highest BCUT2D eigenvalue weighted by Crippen LogP contribution is 2.35. The fraction of sp³-hybridized carbons (Fsp3) is 0.294. The van der Waals surface area contributed by atoms with Gasteiger partial charge in [0.05, 0.1) is 0 Å². The van der Waals surface area contributed by atoms with Crippen LogP contribution in [0, 0.1) is 6.92 Å². The van der Waals surface area contributed by atoms with Gasteiger partial charge in [0, 0.05) is 27.2 Å². The summed E-state index contributed by atoms with van der Waals surface area (Å²) in [5.41, 5.74) is 2.83. The van der Waals surface area contributed by atoms with Crippen LogP contribution in [0.5, 0.6) is 0 Å². The van der Waals surface area contributed by atoms with E-state index in [0.717, 1.165) is 21.7 Å². The zero-order valence-electron chi connectivity index (χ0n) is 11.7. The lowest BCUT2D eigenvalue weighted by Gasteiger charge is -2.31. The van der Waals surface area contributed by atoms with Crippen LogP contribution in [0.25, 0.3) is 0 Å². The first-order valence-corrected chi connectivity index (χ1v) is 8.46. The van der Waals surface area contributed by atoms with Crippen molar-refractivity contribution >= 4 is 46.4 Å². The minimum Gasteiger partial charge on any atom is -0.126 e. The lowest BCUT2D eigenvalue weighted by molar-refractivity contribution is 0.536. The van der Waals surface area contributed by atoms with Crippen LogP contribution in [-0.4, -0.2) is 11.8 Å². The molecule has 112 valence electrons. The summed E-state index contributed by atoms with van der Waals surface area (Å²) < 4.78 is 0. The number of rotatable bonds is 5. The topological polar surface area (TPSA) is 0 Å². The van der Waals surface area contributed by atoms with E-state index < -0.39 is 0 Å². The van der Waals surface area contributed by atoms with E-state index in [1.165, 1.54) is 0 Å². The van der Waals surface area contributed by atoms with Gasteiger partial charge in [0.2, 0.25) is 0 Å². The molecule has 0 saturated carbocycles. The van der Waals surface area contributed by atoms with Gasteiger partial charge in [-0.15, -0.1) is 23.2 Å². The molecule has 0 atom stereocenters. The standard InChI is InChI=1S/C17H16Cl4/c1-12-5-6-13(16(21)7-12)9-17(10-18,11-19)14-3-2-4-15(20)8-14/h2-8H,9-11H2,1H3. The molecule has 0 N–H and O–H groups in total. The summed E-state index contributed by atoms with van der Waals surface area (Å²) in [6, 6.07) is 13.7. The van der Waals surface area contributed by atoms with Gasteiger partial charge in [-0.25, -0.2) is 0 Å². The second kappa shape index (κ2) is 7.24. The third-order valence-corrected chi connectivity index (χ3v) is 5.30. The highest BCUT2D eigenvalue weighted by molar-refractivity contribution is 6.31. The monoisotopic (exact) mass is 360 g/mol. The molecule has 2 aromatic carbocycles. The average Bonchev–Trinajstić information content (AvgIpc) is 2.47. The van der Waals surface area contributed by atoms with Crippen LogP contribution < -0.4 is 0 Å². The molecule has 2 rings (SSSR count). The van der Waals surface area contributed by atoms with Crippen molar-refractivity contribution in [2.75, 3.05) is 11.8 Å². The Balaban J connectivity index is 2.43. The molecule has 0 nitrogen and oxygen atoms in total. The Morgan fingerprint density at radius 1 is 0.952 bits per heavy atom. The Kier molecular flexibility index (Phi) is 5.85. The van der Waals surface area contributed by atoms with Gasteiger partial charge in [0.25, 0.3) is 0 Å². The predicted octanol–water partition coefficient (Wildman–Crippen LogP) is 6.26. The van der Waals surface area contributed by atoms with Gasteiger partial charge >= 0.3 is 0 Å². The molecule has 0 aliphatic rings. The van der Waals surface area contributed by atoms with Crippen LogP contribution in [-0.2, 0) is 11.8 Å². The molecule has 0 bridgehead atoms. The van der Waals surface area contributed by atoms with Crippen molar-refractivity contribution in [3.05, 3.63) is 69.2 Å². The molecule has 0 aromatic heterocycles. The Bertz CT molecular complexity index is 618. The first-order valence-electron chi connectivity index (χ1n) is 6.64. The molecule has 0 amide bonds. The molecule has 0 aliphatic carbocycles. The number of hydrogen-bond acceptors (Lipinski definition) is 0. The smallest absolute Gasteiger partial charge is 0.0440 e. The average molecular weight is 362 g/mol. The second-order valence-corrected chi connectivity index (χ2v) is 6.71. The van der Waals surface area contributed by atoms with Gasteiger partial charge in [-0.2, -0.15) is 0 Å². The van der Waals surface area contributed by atoms with Crippen molar-refractivity contribution in [2.45, 2.75) is 18.8 Å². The van der Waals surface area contributed by atoms with Gasteiger partial charge in [0.1, 0.15) is 0 Å². The summed E-state index contributed by atoms with van der Waals surface area (Å²) >= 11 is 25.0. The molecule has 21 heavy (non-hydrogen) atoms. The number of hydrogen-bond donors (Lipinski definition) is 0. The molecular formula is C17H16Cl4. The first kappa shape index (κ1) is 17.0. The number of aryl methyl sites for hydroxylation is 1. The van der Waals surface area contributed by atoms with Crippen LogP contribution in [0.4, 0.5) is 0 Å². The molecule has 0 fully saturated rings. The first-order chi connectivity index (χ1) is 10.0. The molecule has 0 saturated heterocycles. The van der Waals surface area contributed by atoms with E-state index in [1.54, 1.807) is 0 Å². The third-order valence-electron chi connectivity index (χ3n) is 3.69. The van der Waals surface area contributed by atoms with E-state index in [0.29, 0.717) is 23.2 Å². The van der Waals surface area contributed by atoms with Crippen LogP contribution >= 0.6 is 46.4 Å². The van der Waals surface area contributed by atoms with Crippen molar-refractivity contribution in [3.8, 4) is 0 Å². The van der Waals surface area contributed by atoms with Gasteiger partial charge in [-0.05, 0) is 48.2 Å². The van der Waals surface area contributed by atoms with Crippen molar-refractivity contribution in [1.82, 2.24) is 0 Å². The second-order valence-electron chi connectivity index (χ2n) is 5.33. The Morgan fingerprint density at radius 3 is 2.24 bits per heavy atom. The van der Waals surface area contributed by atoms with Crippen molar-refractivity contribution in [2.24, 2.45) is 0 Å². The van der Waals surface area contributed by atoms with E-state index in [2.05, 4.69) is 0 Å². The predicted molar refractivity (Wildman–Crippen MR) is 94.5 cm³/mol. The summed E-state index contributed by atoms with van der Waals surface area (Å²) in [6.45, 7) is 2.02. The Labute approximate surface area is 146 Å². The highest BCUT2D eigenvalue weighted by atomic mass is 35.5. The van der Waals surface area contributed by atoms with Gasteiger partial charge < -0.3 is 0 Å². The normalized spacial score (nSPS) is 11.7. The SMILES string of the molecule is Cc1ccc(CC(CCl)(CCl)c2cccc(Cl)c2)c(Cl)c1. The number of alkyl halides is 2. The van der Waals surface area contributed by atoms with Crippen molar-refractivity contribution in [3.63, 3.8) is 0 Å². The van der Waals surface area contributed by atoms with Crippen LogP contribution in [0.1, 0.15) is 16.7 Å². The van der Waals surface area contributed by atoms with E-state index in [-0.39, 0.29) is 5.41 Å². The highest BCUT2D eigenvalue weighted by Gasteiger charge is 2.32. The van der Waals surface area contributed by atoms with Crippen LogP contribution in [0.3, 0.4) is 0 Å². The fourth-order valence-electron chi connectivity index (χ4n) is 2.37. The number of benzene rings is 2. The van der Waals surface area contributed by atoms with Crippen LogP contribution in [0.15, 0.2) is 42.5 Å². The molecule has 0 radical (unpaired) electrons. The quantitative estimate of drug-likeness (QED) is 0.551. The summed E-state index contributed by atoms with van der Waals surface area (Å²) in [5.74, 6) is 0.808. The zero-order chi connectivity index (χ0) is 15.5. The summed E-state index contributed by atoms with van der Waals surface area (Å²) in [5, 5.41) is 1.43. The van der Waals surface area contributed by atoms with E-state index in [4.69, 9.17) is 46.4 Å². The fourth-order valence-corrected chi connectivity index (χ4v) is 3.64. The minimum atomic E-state index is -0.382. The summed E-state index contributed by atoms with van der Waals surface area (Å²) in [6.07, 6.45) is 0.680. The molecule has 0 aliphatic heterocycles. The molecule has 4 heteroatoms. The molecular weight excluding hydrogens is 346 g/mol. The Morgan fingerprint density at radius 2 is 1.67 bits per heavy atom. The maximum atomic E-state index is 6.36. The molecule has 2 aromatic rings. The van der Waals surface area contributed by atoms with E-state index in [1.807, 2.05) is 49.4 Å². The zero-order valence-corrected chi connectivity index (χ0v) is 14.7. The summed E-state index contributed by atoms with van der Waals surface area (Å²) in [7, 11) is 0.